The molecule has 0 aliphatic carbocycles. The lowest BCUT2D eigenvalue weighted by molar-refractivity contribution is 0.334. The van der Waals surface area contributed by atoms with Crippen LogP contribution in [0.15, 0.2) is 24.3 Å². The third kappa shape index (κ3) is 2.57. The quantitative estimate of drug-likeness (QED) is 0.654. The average Bonchev–Trinajstić information content (AvgIpc) is 2.15. The molecule has 1 heteroatoms. The normalized spacial score (nSPS) is 14.1. The van der Waals surface area contributed by atoms with E-state index in [1.807, 2.05) is 31.2 Å². The van der Waals surface area contributed by atoms with Gasteiger partial charge in [0.05, 0.1) is 0 Å². The van der Waals surface area contributed by atoms with Gasteiger partial charge in [-0.3, -0.25) is 0 Å². The van der Waals surface area contributed by atoms with Gasteiger partial charge in [0.1, 0.15) is 6.17 Å². The Morgan fingerprint density at radius 2 is 1.64 bits per heavy atom. The van der Waals surface area contributed by atoms with Crippen LogP contribution in [0.2, 0.25) is 0 Å². The van der Waals surface area contributed by atoms with Crippen molar-refractivity contribution in [3.8, 4) is 0 Å². The van der Waals surface area contributed by atoms with Gasteiger partial charge in [0.2, 0.25) is 0 Å². The monoisotopic (exact) mass is 194 g/mol. The fourth-order valence-corrected chi connectivity index (χ4v) is 1.43. The van der Waals surface area contributed by atoms with Gasteiger partial charge in [-0.2, -0.15) is 0 Å². The summed E-state index contributed by atoms with van der Waals surface area (Å²) >= 11 is 0. The van der Waals surface area contributed by atoms with Crippen molar-refractivity contribution in [3.05, 3.63) is 35.4 Å². The molecule has 1 atom stereocenters. The molecule has 0 saturated carbocycles. The molecule has 0 spiro atoms. The van der Waals surface area contributed by atoms with E-state index in [-0.39, 0.29) is 5.41 Å². The van der Waals surface area contributed by atoms with Crippen LogP contribution in [0, 0.1) is 0 Å². The summed E-state index contributed by atoms with van der Waals surface area (Å²) in [6.45, 7) is 8.35. The second-order valence-corrected chi connectivity index (χ2v) is 4.75. The van der Waals surface area contributed by atoms with Crippen molar-refractivity contribution < 1.29 is 4.39 Å². The molecule has 0 bridgehead atoms. The van der Waals surface area contributed by atoms with E-state index in [9.17, 15) is 4.39 Å². The van der Waals surface area contributed by atoms with E-state index >= 15 is 0 Å². The van der Waals surface area contributed by atoms with Gasteiger partial charge in [-0.05, 0) is 23.0 Å². The first-order chi connectivity index (χ1) is 6.45. The van der Waals surface area contributed by atoms with E-state index in [1.54, 1.807) is 0 Å². The van der Waals surface area contributed by atoms with E-state index in [0.29, 0.717) is 6.42 Å². The predicted octanol–water partition coefficient (Wildman–Crippen LogP) is 4.40. The molecule has 1 aromatic carbocycles. The van der Waals surface area contributed by atoms with Gasteiger partial charge in [-0.25, -0.2) is 4.39 Å². The molecular weight excluding hydrogens is 175 g/mol. The van der Waals surface area contributed by atoms with Crippen LogP contribution >= 0.6 is 0 Å². The molecule has 0 aromatic heterocycles. The summed E-state index contributed by atoms with van der Waals surface area (Å²) in [5.41, 5.74) is 2.20. The first-order valence-corrected chi connectivity index (χ1v) is 5.19. The molecule has 1 rings (SSSR count). The van der Waals surface area contributed by atoms with Crippen LogP contribution in [0.3, 0.4) is 0 Å². The minimum atomic E-state index is -0.816. The van der Waals surface area contributed by atoms with Gasteiger partial charge in [0, 0.05) is 0 Å². The minimum absolute atomic E-state index is 0.149. The molecule has 0 aliphatic rings. The summed E-state index contributed by atoms with van der Waals surface area (Å²) in [6.07, 6.45) is -0.265. The summed E-state index contributed by atoms with van der Waals surface area (Å²) in [4.78, 5) is 0. The topological polar surface area (TPSA) is 0 Å². The zero-order valence-corrected chi connectivity index (χ0v) is 9.47. The lowest BCUT2D eigenvalue weighted by Gasteiger charge is -2.19. The average molecular weight is 194 g/mol. The third-order valence-corrected chi connectivity index (χ3v) is 2.50. The molecule has 0 fully saturated rings. The van der Waals surface area contributed by atoms with Crippen LogP contribution in [-0.4, -0.2) is 0 Å². The molecule has 0 N–H and O–H groups in total. The van der Waals surface area contributed by atoms with Crippen molar-refractivity contribution >= 4 is 0 Å². The number of hydrogen-bond acceptors (Lipinski definition) is 0. The van der Waals surface area contributed by atoms with Gasteiger partial charge < -0.3 is 0 Å². The molecule has 1 aromatic rings. The smallest absolute Gasteiger partial charge is 0.125 e. The molecule has 78 valence electrons. The summed E-state index contributed by atoms with van der Waals surface area (Å²) in [5.74, 6) is 0. The second-order valence-electron chi connectivity index (χ2n) is 4.75. The minimum Gasteiger partial charge on any atom is -0.242 e. The lowest BCUT2D eigenvalue weighted by atomic mass is 9.86. The maximum atomic E-state index is 13.3. The van der Waals surface area contributed by atoms with Gasteiger partial charge in [-0.15, -0.1) is 0 Å². The van der Waals surface area contributed by atoms with Crippen LogP contribution in [0.25, 0.3) is 0 Å². The van der Waals surface area contributed by atoms with Crippen LogP contribution < -0.4 is 0 Å². The summed E-state index contributed by atoms with van der Waals surface area (Å²) in [6, 6.07) is 7.85. The highest BCUT2D eigenvalue weighted by Gasteiger charge is 2.14. The van der Waals surface area contributed by atoms with E-state index in [0.717, 1.165) is 5.56 Å². The lowest BCUT2D eigenvalue weighted by Crippen LogP contribution is -2.10. The Morgan fingerprint density at radius 1 is 1.14 bits per heavy atom. The maximum absolute atomic E-state index is 13.3. The SMILES string of the molecule is CCC(F)c1ccc(C(C)(C)C)cc1. The van der Waals surface area contributed by atoms with Crippen molar-refractivity contribution in [2.24, 2.45) is 0 Å². The second kappa shape index (κ2) is 4.12. The Hall–Kier alpha value is -0.850. The first-order valence-electron chi connectivity index (χ1n) is 5.19. The van der Waals surface area contributed by atoms with Crippen molar-refractivity contribution in [1.29, 1.82) is 0 Å². The predicted molar refractivity (Wildman–Crippen MR) is 59.3 cm³/mol. The molecular formula is C13H19F. The number of halogens is 1. The number of hydrogen-bond donors (Lipinski definition) is 0. The third-order valence-electron chi connectivity index (χ3n) is 2.50. The number of rotatable bonds is 2. The van der Waals surface area contributed by atoms with E-state index in [2.05, 4.69) is 20.8 Å². The largest absolute Gasteiger partial charge is 0.242 e. The Bertz CT molecular complexity index is 279. The fraction of sp³-hybridized carbons (Fsp3) is 0.538. The molecule has 0 nitrogen and oxygen atoms in total. The highest BCUT2D eigenvalue weighted by Crippen LogP contribution is 2.26. The first kappa shape index (κ1) is 11.2. The summed E-state index contributed by atoms with van der Waals surface area (Å²) < 4.78 is 13.3. The highest BCUT2D eigenvalue weighted by atomic mass is 19.1. The van der Waals surface area contributed by atoms with E-state index < -0.39 is 6.17 Å². The zero-order valence-electron chi connectivity index (χ0n) is 9.47. The molecule has 1 unspecified atom stereocenters. The molecule has 0 heterocycles. The number of alkyl halides is 1. The van der Waals surface area contributed by atoms with Crippen molar-refractivity contribution in [1.82, 2.24) is 0 Å². The molecule has 0 aliphatic heterocycles. The zero-order chi connectivity index (χ0) is 10.8. The standard InChI is InChI=1S/C13H19F/c1-5-12(14)10-6-8-11(9-7-10)13(2,3)4/h6-9,12H,5H2,1-4H3. The molecule has 0 amide bonds. The Balaban J connectivity index is 2.89. The van der Waals surface area contributed by atoms with E-state index in [4.69, 9.17) is 0 Å². The Morgan fingerprint density at radius 3 is 2.00 bits per heavy atom. The Kier molecular flexibility index (Phi) is 3.30. The molecule has 0 radical (unpaired) electrons. The van der Waals surface area contributed by atoms with Crippen molar-refractivity contribution in [3.63, 3.8) is 0 Å². The van der Waals surface area contributed by atoms with Gasteiger partial charge in [0.15, 0.2) is 0 Å². The van der Waals surface area contributed by atoms with Crippen LogP contribution in [0.1, 0.15) is 51.4 Å². The maximum Gasteiger partial charge on any atom is 0.125 e. The van der Waals surface area contributed by atoms with Crippen LogP contribution in [0.4, 0.5) is 4.39 Å². The highest BCUT2D eigenvalue weighted by molar-refractivity contribution is 5.28. The summed E-state index contributed by atoms with van der Waals surface area (Å²) in [7, 11) is 0. The molecule has 0 saturated heterocycles. The van der Waals surface area contributed by atoms with Crippen LogP contribution in [-0.2, 0) is 5.41 Å². The Labute approximate surface area is 86.2 Å². The fourth-order valence-electron chi connectivity index (χ4n) is 1.43. The number of benzene rings is 1. The van der Waals surface area contributed by atoms with E-state index in [1.165, 1.54) is 5.56 Å². The molecule has 14 heavy (non-hydrogen) atoms. The summed E-state index contributed by atoms with van der Waals surface area (Å²) in [5, 5.41) is 0. The van der Waals surface area contributed by atoms with Crippen molar-refractivity contribution in [2.45, 2.75) is 45.7 Å². The van der Waals surface area contributed by atoms with Crippen molar-refractivity contribution in [2.75, 3.05) is 0 Å². The van der Waals surface area contributed by atoms with Gasteiger partial charge in [-0.1, -0.05) is 52.0 Å². The van der Waals surface area contributed by atoms with Gasteiger partial charge >= 0.3 is 0 Å². The van der Waals surface area contributed by atoms with Crippen LogP contribution in [0.5, 0.6) is 0 Å². The van der Waals surface area contributed by atoms with Gasteiger partial charge in [0.25, 0.3) is 0 Å².